The highest BCUT2D eigenvalue weighted by molar-refractivity contribution is 6.32. The Labute approximate surface area is 246 Å². The van der Waals surface area contributed by atoms with Crippen LogP contribution in [-0.4, -0.2) is 66.9 Å². The van der Waals surface area contributed by atoms with E-state index in [9.17, 15) is 20.1 Å². The minimum Gasteiger partial charge on any atom is -0.486 e. The van der Waals surface area contributed by atoms with Crippen molar-refractivity contribution >= 4 is 45.6 Å². The summed E-state index contributed by atoms with van der Waals surface area (Å²) >= 11 is 6.47. The van der Waals surface area contributed by atoms with Gasteiger partial charge in [-0.1, -0.05) is 23.7 Å². The van der Waals surface area contributed by atoms with E-state index >= 15 is 0 Å². The molecule has 0 radical (unpaired) electrons. The van der Waals surface area contributed by atoms with Crippen molar-refractivity contribution in [1.29, 1.82) is 0 Å². The summed E-state index contributed by atoms with van der Waals surface area (Å²) < 4.78 is 10.9. The van der Waals surface area contributed by atoms with Crippen LogP contribution >= 0.6 is 11.6 Å². The fourth-order valence-corrected chi connectivity index (χ4v) is 4.81. The van der Waals surface area contributed by atoms with Gasteiger partial charge in [-0.2, -0.15) is 0 Å². The highest BCUT2D eigenvalue weighted by atomic mass is 35.5. The number of fused-ring (bicyclic) bond motifs is 1. The molecule has 0 saturated carbocycles. The average molecular weight is 593 g/mol. The van der Waals surface area contributed by atoms with Gasteiger partial charge in [0.05, 0.1) is 27.3 Å². The highest BCUT2D eigenvalue weighted by Gasteiger charge is 2.27. The van der Waals surface area contributed by atoms with Gasteiger partial charge >= 0.3 is 6.16 Å². The molecule has 5 rings (SSSR count). The number of nitrogens with zero attached hydrogens (tertiary/aromatic N) is 4. The number of aliphatic hydroxyl groups is 3. The largest absolute Gasteiger partial charge is 0.486 e. The predicted molar refractivity (Wildman–Crippen MR) is 156 cm³/mol. The van der Waals surface area contributed by atoms with Crippen molar-refractivity contribution in [2.45, 2.75) is 31.6 Å². The number of anilines is 3. The normalized spacial score (nSPS) is 15.7. The minimum absolute atomic E-state index is 0.0487. The number of carbonyl (C=O) groups excluding carboxylic acids is 1. The van der Waals surface area contributed by atoms with E-state index < -0.39 is 12.1 Å². The number of likely N-dealkylation sites (N-methyl/N-ethyl adjacent to an activating group) is 1. The summed E-state index contributed by atoms with van der Waals surface area (Å²) in [6.07, 6.45) is 4.62. The van der Waals surface area contributed by atoms with Gasteiger partial charge in [-0.15, -0.1) is 0 Å². The van der Waals surface area contributed by atoms with Crippen molar-refractivity contribution in [3.8, 4) is 11.5 Å². The smallest absolute Gasteiger partial charge is 0.453 e. The molecule has 3 heterocycles. The summed E-state index contributed by atoms with van der Waals surface area (Å²) in [6.45, 7) is 1.18. The Kier molecular flexibility index (Phi) is 8.80. The molecular formula is C29H29ClN6O6. The Balaban J connectivity index is 1.42. The number of pyridine rings is 1. The zero-order valence-corrected chi connectivity index (χ0v) is 23.3. The van der Waals surface area contributed by atoms with Crippen molar-refractivity contribution < 1.29 is 29.6 Å². The van der Waals surface area contributed by atoms with Crippen molar-refractivity contribution in [2.24, 2.45) is 0 Å². The monoisotopic (exact) mass is 592 g/mol. The van der Waals surface area contributed by atoms with Gasteiger partial charge < -0.3 is 35.4 Å². The number of halogens is 1. The van der Waals surface area contributed by atoms with E-state index in [0.717, 1.165) is 25.1 Å². The molecule has 1 fully saturated rings. The first-order valence-corrected chi connectivity index (χ1v) is 13.5. The molecule has 1 amide bonds. The number of benzene rings is 2. The summed E-state index contributed by atoms with van der Waals surface area (Å²) in [4.78, 5) is 27.6. The van der Waals surface area contributed by atoms with Crippen LogP contribution in [-0.2, 0) is 11.4 Å². The first-order chi connectivity index (χ1) is 20.2. The fraction of sp³-hybridized carbons (Fsp3) is 0.241. The summed E-state index contributed by atoms with van der Waals surface area (Å²) in [5.74, 6) is -0.129. The molecule has 2 aromatic carbocycles. The number of ether oxygens (including phenoxy) is 2. The van der Waals surface area contributed by atoms with E-state index in [0.29, 0.717) is 22.0 Å². The Bertz CT molecular complexity index is 1600. The third-order valence-corrected chi connectivity index (χ3v) is 6.89. The fourth-order valence-electron chi connectivity index (χ4n) is 4.58. The van der Waals surface area contributed by atoms with Crippen LogP contribution in [0.15, 0.2) is 73.2 Å². The van der Waals surface area contributed by atoms with Crippen molar-refractivity contribution in [1.82, 2.24) is 19.9 Å². The molecule has 0 unspecified atom stereocenters. The number of likely N-dealkylation sites (tertiary alicyclic amines) is 1. The molecule has 0 aliphatic carbocycles. The standard InChI is InChI=1S/C29H29ClN6O6/c1-36-14-4-6-20(36)8-12-25(37)35-23-10-9-22-26(27(23)42-29(38,39)40)28(33-17-32-22)34-18-7-11-24(21(30)15-18)41-16-19-5-2-3-13-31-19/h2-3,5,7-13,15,17,20,38-40H,4,6,14,16H2,1H3,(H,35,37)(H,32,33,34)/b12-8+/t20-/m1/s1. The van der Waals surface area contributed by atoms with Gasteiger partial charge in [-0.25, -0.2) is 9.97 Å². The second-order valence-electron chi connectivity index (χ2n) is 9.65. The topological polar surface area (TPSA) is 162 Å². The van der Waals surface area contributed by atoms with Gasteiger partial charge in [-0.3, -0.25) is 14.7 Å². The number of nitrogens with one attached hydrogen (secondary N) is 2. The van der Waals surface area contributed by atoms with Crippen LogP contribution in [0.1, 0.15) is 18.5 Å². The maximum Gasteiger partial charge on any atom is 0.453 e. The molecule has 13 heteroatoms. The van der Waals surface area contributed by atoms with Crippen LogP contribution in [0.3, 0.4) is 0 Å². The Morgan fingerprint density at radius 2 is 2.02 bits per heavy atom. The first kappa shape index (κ1) is 29.2. The maximum absolute atomic E-state index is 12.8. The third-order valence-electron chi connectivity index (χ3n) is 6.60. The van der Waals surface area contributed by atoms with E-state index in [1.807, 2.05) is 31.3 Å². The van der Waals surface area contributed by atoms with Gasteiger partial charge in [0.2, 0.25) is 5.91 Å². The van der Waals surface area contributed by atoms with Gasteiger partial charge in [0.15, 0.2) is 5.75 Å². The highest BCUT2D eigenvalue weighted by Crippen LogP contribution is 2.39. The molecule has 218 valence electrons. The molecule has 5 N–H and O–H groups in total. The Morgan fingerprint density at radius 1 is 1.17 bits per heavy atom. The number of aromatic nitrogens is 3. The second kappa shape index (κ2) is 12.7. The lowest BCUT2D eigenvalue weighted by Crippen LogP contribution is -2.35. The summed E-state index contributed by atoms with van der Waals surface area (Å²) in [7, 11) is 1.99. The Hall–Kier alpha value is -4.33. The third kappa shape index (κ3) is 7.29. The number of carbonyl (C=O) groups is 1. The number of hydrogen-bond acceptors (Lipinski definition) is 11. The van der Waals surface area contributed by atoms with E-state index in [-0.39, 0.29) is 35.3 Å². The van der Waals surface area contributed by atoms with Crippen molar-refractivity contribution in [2.75, 3.05) is 24.2 Å². The molecule has 4 aromatic rings. The molecule has 1 aliphatic heterocycles. The predicted octanol–water partition coefficient (Wildman–Crippen LogP) is 3.56. The van der Waals surface area contributed by atoms with E-state index in [4.69, 9.17) is 21.1 Å². The first-order valence-electron chi connectivity index (χ1n) is 13.1. The van der Waals surface area contributed by atoms with E-state index in [1.165, 1.54) is 18.5 Å². The van der Waals surface area contributed by atoms with Crippen molar-refractivity contribution in [3.05, 3.63) is 83.9 Å². The molecular weight excluding hydrogens is 564 g/mol. The van der Waals surface area contributed by atoms with E-state index in [1.54, 1.807) is 30.5 Å². The molecule has 1 saturated heterocycles. The lowest BCUT2D eigenvalue weighted by Gasteiger charge is -2.21. The molecule has 1 aliphatic rings. The summed E-state index contributed by atoms with van der Waals surface area (Å²) in [5, 5.41) is 35.4. The number of hydrogen-bond donors (Lipinski definition) is 5. The van der Waals surface area contributed by atoms with Crippen LogP contribution < -0.4 is 20.1 Å². The van der Waals surface area contributed by atoms with Gasteiger partial charge in [0, 0.05) is 24.0 Å². The molecule has 42 heavy (non-hydrogen) atoms. The minimum atomic E-state index is -3.56. The van der Waals surface area contributed by atoms with Crippen LogP contribution in [0, 0.1) is 0 Å². The van der Waals surface area contributed by atoms with Crippen LogP contribution in [0.5, 0.6) is 11.5 Å². The molecule has 0 bridgehead atoms. The van der Waals surface area contributed by atoms with Crippen LogP contribution in [0.2, 0.25) is 5.02 Å². The molecule has 1 atom stereocenters. The lowest BCUT2D eigenvalue weighted by molar-refractivity contribution is -0.419. The lowest BCUT2D eigenvalue weighted by atomic mass is 10.1. The SMILES string of the molecule is CN1CCC[C@@H]1/C=C/C(=O)Nc1ccc2ncnc(Nc3ccc(OCc4ccccn4)c(Cl)c3)c2c1OC(O)(O)O. The van der Waals surface area contributed by atoms with E-state index in [2.05, 4.69) is 30.5 Å². The second-order valence-corrected chi connectivity index (χ2v) is 10.1. The zero-order valence-electron chi connectivity index (χ0n) is 22.6. The van der Waals surface area contributed by atoms with Gasteiger partial charge in [-0.05, 0) is 68.9 Å². The Morgan fingerprint density at radius 3 is 2.74 bits per heavy atom. The van der Waals surface area contributed by atoms with Gasteiger partial charge in [0.1, 0.15) is 24.5 Å². The van der Waals surface area contributed by atoms with Gasteiger partial charge in [0.25, 0.3) is 0 Å². The summed E-state index contributed by atoms with van der Waals surface area (Å²) in [5.41, 5.74) is 1.63. The number of rotatable bonds is 10. The average Bonchev–Trinajstić information content (AvgIpc) is 3.37. The van der Waals surface area contributed by atoms with Crippen molar-refractivity contribution in [3.63, 3.8) is 0 Å². The zero-order chi connectivity index (χ0) is 29.7. The molecule has 0 spiro atoms. The summed E-state index contributed by atoms with van der Waals surface area (Å²) in [6, 6.07) is 13.7. The quantitative estimate of drug-likeness (QED) is 0.135. The molecule has 12 nitrogen and oxygen atoms in total. The number of amides is 1. The van der Waals surface area contributed by atoms with Crippen LogP contribution in [0.4, 0.5) is 17.2 Å². The van der Waals surface area contributed by atoms with Crippen LogP contribution in [0.25, 0.3) is 10.9 Å². The maximum atomic E-state index is 12.8. The molecule has 2 aromatic heterocycles.